The fraction of sp³-hybridized carbons (Fsp3) is 0.417. The molecule has 0 fully saturated rings. The molecule has 0 saturated carbocycles. The SMILES string of the molecule is CCCC(N)C(=O)NCc1cccc(F)c1.Cl. The molecule has 1 aromatic carbocycles. The zero-order chi connectivity index (χ0) is 12.0. The summed E-state index contributed by atoms with van der Waals surface area (Å²) in [5.74, 6) is -0.490. The zero-order valence-electron chi connectivity index (χ0n) is 9.78. The van der Waals surface area contributed by atoms with E-state index in [0.29, 0.717) is 13.0 Å². The Morgan fingerprint density at radius 1 is 1.53 bits per heavy atom. The van der Waals surface area contributed by atoms with E-state index in [1.54, 1.807) is 12.1 Å². The Hall–Kier alpha value is -1.13. The van der Waals surface area contributed by atoms with Gasteiger partial charge in [0.05, 0.1) is 6.04 Å². The van der Waals surface area contributed by atoms with Gasteiger partial charge in [-0.05, 0) is 24.1 Å². The normalized spacial score (nSPS) is 11.5. The van der Waals surface area contributed by atoms with Gasteiger partial charge in [0.25, 0.3) is 0 Å². The highest BCUT2D eigenvalue weighted by molar-refractivity contribution is 5.85. The number of nitrogens with one attached hydrogen (secondary N) is 1. The van der Waals surface area contributed by atoms with Gasteiger partial charge in [0.2, 0.25) is 5.91 Å². The molecule has 0 aliphatic carbocycles. The van der Waals surface area contributed by atoms with Crippen molar-refractivity contribution in [3.05, 3.63) is 35.6 Å². The molecule has 1 unspecified atom stereocenters. The maximum atomic E-state index is 12.8. The number of amides is 1. The quantitative estimate of drug-likeness (QED) is 0.851. The lowest BCUT2D eigenvalue weighted by Crippen LogP contribution is -2.40. The Morgan fingerprint density at radius 3 is 2.82 bits per heavy atom. The van der Waals surface area contributed by atoms with E-state index < -0.39 is 6.04 Å². The molecular weight excluding hydrogens is 243 g/mol. The Labute approximate surface area is 107 Å². The third-order valence-corrected chi connectivity index (χ3v) is 2.29. The Kier molecular flexibility index (Phi) is 7.50. The molecule has 1 rings (SSSR count). The van der Waals surface area contributed by atoms with Crippen molar-refractivity contribution in [3.63, 3.8) is 0 Å². The van der Waals surface area contributed by atoms with Crippen molar-refractivity contribution in [3.8, 4) is 0 Å². The van der Waals surface area contributed by atoms with Gasteiger partial charge in [-0.1, -0.05) is 25.5 Å². The van der Waals surface area contributed by atoms with E-state index >= 15 is 0 Å². The number of halogens is 2. The maximum Gasteiger partial charge on any atom is 0.237 e. The van der Waals surface area contributed by atoms with Gasteiger partial charge in [-0.15, -0.1) is 12.4 Å². The van der Waals surface area contributed by atoms with Gasteiger partial charge in [0.1, 0.15) is 5.82 Å². The molecule has 5 heteroatoms. The average molecular weight is 261 g/mol. The molecule has 0 aromatic heterocycles. The fourth-order valence-electron chi connectivity index (χ4n) is 1.41. The van der Waals surface area contributed by atoms with E-state index in [0.717, 1.165) is 12.0 Å². The van der Waals surface area contributed by atoms with Crippen LogP contribution in [0.5, 0.6) is 0 Å². The summed E-state index contributed by atoms with van der Waals surface area (Å²) in [6.45, 7) is 2.29. The van der Waals surface area contributed by atoms with Crippen LogP contribution in [0.1, 0.15) is 25.3 Å². The van der Waals surface area contributed by atoms with Crippen LogP contribution in [0.2, 0.25) is 0 Å². The first kappa shape index (κ1) is 15.9. The Balaban J connectivity index is 0.00000256. The topological polar surface area (TPSA) is 55.1 Å². The highest BCUT2D eigenvalue weighted by Gasteiger charge is 2.11. The number of nitrogens with two attached hydrogens (primary N) is 1. The predicted octanol–water partition coefficient (Wildman–Crippen LogP) is 1.99. The summed E-state index contributed by atoms with van der Waals surface area (Å²) in [5.41, 5.74) is 6.37. The minimum Gasteiger partial charge on any atom is -0.351 e. The van der Waals surface area contributed by atoms with Crippen molar-refractivity contribution in [1.82, 2.24) is 5.32 Å². The van der Waals surface area contributed by atoms with E-state index in [4.69, 9.17) is 5.73 Å². The van der Waals surface area contributed by atoms with Crippen molar-refractivity contribution in [1.29, 1.82) is 0 Å². The van der Waals surface area contributed by atoms with Crippen LogP contribution in [-0.2, 0) is 11.3 Å². The molecule has 0 spiro atoms. The van der Waals surface area contributed by atoms with Crippen LogP contribution in [0, 0.1) is 5.82 Å². The van der Waals surface area contributed by atoms with Crippen LogP contribution in [0.4, 0.5) is 4.39 Å². The third-order valence-electron chi connectivity index (χ3n) is 2.29. The summed E-state index contributed by atoms with van der Waals surface area (Å²) in [5, 5.41) is 2.68. The van der Waals surface area contributed by atoms with Gasteiger partial charge in [-0.25, -0.2) is 4.39 Å². The van der Waals surface area contributed by atoms with Crippen molar-refractivity contribution >= 4 is 18.3 Å². The first-order valence-electron chi connectivity index (χ1n) is 5.41. The largest absolute Gasteiger partial charge is 0.351 e. The molecule has 0 aliphatic heterocycles. The standard InChI is InChI=1S/C12H17FN2O.ClH/c1-2-4-11(14)12(16)15-8-9-5-3-6-10(13)7-9;/h3,5-7,11H,2,4,8,14H2,1H3,(H,15,16);1H. The summed E-state index contributed by atoms with van der Waals surface area (Å²) in [4.78, 5) is 11.5. The van der Waals surface area contributed by atoms with Crippen LogP contribution in [0.3, 0.4) is 0 Å². The molecule has 1 aromatic rings. The molecule has 3 nitrogen and oxygen atoms in total. The molecule has 0 radical (unpaired) electrons. The molecule has 0 aliphatic rings. The van der Waals surface area contributed by atoms with Crippen LogP contribution in [-0.4, -0.2) is 11.9 Å². The van der Waals surface area contributed by atoms with Crippen molar-refractivity contribution in [2.24, 2.45) is 5.73 Å². The molecule has 1 atom stereocenters. The molecule has 0 heterocycles. The van der Waals surface area contributed by atoms with Gasteiger partial charge in [-0.3, -0.25) is 4.79 Å². The van der Waals surface area contributed by atoms with E-state index in [2.05, 4.69) is 5.32 Å². The molecular formula is C12H18ClFN2O. The molecule has 0 saturated heterocycles. The van der Waals surface area contributed by atoms with Crippen LogP contribution in [0.15, 0.2) is 24.3 Å². The summed E-state index contributed by atoms with van der Waals surface area (Å²) in [7, 11) is 0. The first-order valence-corrected chi connectivity index (χ1v) is 5.41. The number of rotatable bonds is 5. The smallest absolute Gasteiger partial charge is 0.237 e. The second kappa shape index (κ2) is 8.03. The first-order chi connectivity index (χ1) is 7.63. The number of hydrogen-bond acceptors (Lipinski definition) is 2. The number of benzene rings is 1. The van der Waals surface area contributed by atoms with Crippen LogP contribution >= 0.6 is 12.4 Å². The fourth-order valence-corrected chi connectivity index (χ4v) is 1.41. The Morgan fingerprint density at radius 2 is 2.24 bits per heavy atom. The van der Waals surface area contributed by atoms with Crippen molar-refractivity contribution in [2.75, 3.05) is 0 Å². The van der Waals surface area contributed by atoms with Crippen LogP contribution < -0.4 is 11.1 Å². The molecule has 96 valence electrons. The lowest BCUT2D eigenvalue weighted by molar-refractivity contribution is -0.122. The lowest BCUT2D eigenvalue weighted by atomic mass is 10.1. The summed E-state index contributed by atoms with van der Waals surface area (Å²) in [6, 6.07) is 5.66. The molecule has 0 bridgehead atoms. The molecule has 17 heavy (non-hydrogen) atoms. The average Bonchev–Trinajstić information content (AvgIpc) is 2.26. The summed E-state index contributed by atoms with van der Waals surface area (Å²) in [6.07, 6.45) is 1.53. The minimum atomic E-state index is -0.474. The number of carbonyl (C=O) groups excluding carboxylic acids is 1. The van der Waals surface area contributed by atoms with E-state index in [-0.39, 0.29) is 24.1 Å². The number of carbonyl (C=O) groups is 1. The highest BCUT2D eigenvalue weighted by atomic mass is 35.5. The summed E-state index contributed by atoms with van der Waals surface area (Å²) < 4.78 is 12.8. The predicted molar refractivity (Wildman–Crippen MR) is 68.4 cm³/mol. The van der Waals surface area contributed by atoms with Gasteiger partial charge >= 0.3 is 0 Å². The second-order valence-electron chi connectivity index (χ2n) is 3.74. The molecule has 3 N–H and O–H groups in total. The van der Waals surface area contributed by atoms with Crippen molar-refractivity contribution < 1.29 is 9.18 Å². The highest BCUT2D eigenvalue weighted by Crippen LogP contribution is 2.03. The van der Waals surface area contributed by atoms with E-state index in [9.17, 15) is 9.18 Å². The maximum absolute atomic E-state index is 12.8. The zero-order valence-corrected chi connectivity index (χ0v) is 10.6. The lowest BCUT2D eigenvalue weighted by Gasteiger charge is -2.11. The van der Waals surface area contributed by atoms with E-state index in [1.807, 2.05) is 6.92 Å². The second-order valence-corrected chi connectivity index (χ2v) is 3.74. The van der Waals surface area contributed by atoms with Gasteiger partial charge in [0, 0.05) is 6.54 Å². The van der Waals surface area contributed by atoms with Crippen LogP contribution in [0.25, 0.3) is 0 Å². The van der Waals surface area contributed by atoms with Gasteiger partial charge < -0.3 is 11.1 Å². The van der Waals surface area contributed by atoms with Gasteiger partial charge in [0.15, 0.2) is 0 Å². The minimum absolute atomic E-state index is 0. The van der Waals surface area contributed by atoms with Crippen molar-refractivity contribution in [2.45, 2.75) is 32.4 Å². The summed E-state index contributed by atoms with van der Waals surface area (Å²) >= 11 is 0. The number of hydrogen-bond donors (Lipinski definition) is 2. The van der Waals surface area contributed by atoms with E-state index in [1.165, 1.54) is 12.1 Å². The third kappa shape index (κ3) is 5.65. The Bertz CT molecular complexity index is 360. The molecule has 1 amide bonds. The van der Waals surface area contributed by atoms with Gasteiger partial charge in [-0.2, -0.15) is 0 Å². The monoisotopic (exact) mass is 260 g/mol.